The van der Waals surface area contributed by atoms with Crippen LogP contribution in [0.2, 0.25) is 0 Å². The molecule has 0 bridgehead atoms. The molecule has 0 aliphatic rings. The third-order valence-electron chi connectivity index (χ3n) is 16.0. The van der Waals surface area contributed by atoms with E-state index in [0.29, 0.717) is 0 Å². The summed E-state index contributed by atoms with van der Waals surface area (Å²) in [5.74, 6) is 0. The number of pyridine rings is 1. The molecule has 0 radical (unpaired) electrons. The maximum atomic E-state index is 5.79. The molecule has 354 valence electrons. The Bertz CT molecular complexity index is 4630. The van der Waals surface area contributed by atoms with Crippen LogP contribution in [-0.4, -0.2) is 13.8 Å². The first-order valence-corrected chi connectivity index (χ1v) is 26.0. The summed E-state index contributed by atoms with van der Waals surface area (Å²) in [6, 6.07) is 76.2. The van der Waals surface area contributed by atoms with E-state index in [-0.39, 0.29) is 10.8 Å². The van der Waals surface area contributed by atoms with Gasteiger partial charge in [-0.2, -0.15) is 0 Å². The second-order valence-corrected chi connectivity index (χ2v) is 22.4. The minimum absolute atomic E-state index is 0.130. The van der Waals surface area contributed by atoms with Crippen LogP contribution >= 0.6 is 0 Å². The Balaban J connectivity index is 1.18. The van der Waals surface area contributed by atoms with Crippen LogP contribution in [0.25, 0.3) is 97.9 Å². The molecule has 0 atom stereocenters. The van der Waals surface area contributed by atoms with Crippen molar-refractivity contribution in [3.8, 4) is 0 Å². The fourth-order valence-electron chi connectivity index (χ4n) is 12.5. The zero-order valence-electron chi connectivity index (χ0n) is 42.4. The van der Waals surface area contributed by atoms with Gasteiger partial charge in [-0.15, -0.1) is 0 Å². The van der Waals surface area contributed by atoms with Gasteiger partial charge in [-0.05, 0) is 123 Å². The summed E-state index contributed by atoms with van der Waals surface area (Å²) >= 11 is 0. The van der Waals surface area contributed by atoms with Crippen molar-refractivity contribution in [1.82, 2.24) is 13.8 Å². The lowest BCUT2D eigenvalue weighted by molar-refractivity contribution is 0.591. The van der Waals surface area contributed by atoms with Gasteiger partial charge < -0.3 is 14.2 Å². The molecule has 0 aliphatic carbocycles. The van der Waals surface area contributed by atoms with E-state index in [1.165, 1.54) is 92.3 Å². The minimum Gasteiger partial charge on any atom is -0.308 e. The van der Waals surface area contributed by atoms with Gasteiger partial charge in [-0.3, -0.25) is 4.40 Å². The predicted molar refractivity (Wildman–Crippen MR) is 315 cm³/mol. The number of benzene rings is 10. The summed E-state index contributed by atoms with van der Waals surface area (Å²) in [4.78, 5) is 10.7. The van der Waals surface area contributed by atoms with E-state index in [9.17, 15) is 0 Å². The van der Waals surface area contributed by atoms with Crippen molar-refractivity contribution in [2.45, 2.75) is 52.4 Å². The summed E-state index contributed by atoms with van der Waals surface area (Å²) in [6.45, 7) is 14.1. The van der Waals surface area contributed by atoms with Crippen molar-refractivity contribution in [1.29, 1.82) is 0 Å². The van der Waals surface area contributed by atoms with Crippen LogP contribution in [-0.2, 0) is 10.8 Å². The van der Waals surface area contributed by atoms with Crippen molar-refractivity contribution >= 4 is 132 Å². The van der Waals surface area contributed by atoms with Gasteiger partial charge in [-0.25, -0.2) is 4.98 Å². The molecule has 15 rings (SSSR count). The van der Waals surface area contributed by atoms with Crippen LogP contribution in [0.15, 0.2) is 212 Å². The molecule has 10 aromatic carbocycles. The van der Waals surface area contributed by atoms with E-state index in [2.05, 4.69) is 273 Å². The van der Waals surface area contributed by atoms with Gasteiger partial charge in [-0.1, -0.05) is 163 Å². The van der Waals surface area contributed by atoms with Gasteiger partial charge in [0.25, 0.3) is 0 Å². The molecule has 0 aliphatic heterocycles. The fraction of sp³-hybridized carbons (Fsp3) is 0.116. The van der Waals surface area contributed by atoms with Crippen LogP contribution in [0, 0.1) is 0 Å². The van der Waals surface area contributed by atoms with Crippen molar-refractivity contribution in [2.75, 3.05) is 9.80 Å². The van der Waals surface area contributed by atoms with Crippen molar-refractivity contribution in [2.24, 2.45) is 0 Å². The molecule has 15 aromatic rings. The SMILES string of the molecule is CC(C)(C)c1cc(N(c2ccccc2)c2ccccc2)c2c(c1)c1c3ccccc3cc3c4c5c6cc(C(C)(C)C)cc7c8cc9ccccc9c(N(c9ccccc9)c9ccccc9)c8n(c5ncc4n2c31)c76. The molecule has 0 saturated heterocycles. The lowest BCUT2D eigenvalue weighted by atomic mass is 9.85. The van der Waals surface area contributed by atoms with Gasteiger partial charge in [0.1, 0.15) is 5.65 Å². The van der Waals surface area contributed by atoms with Crippen molar-refractivity contribution < 1.29 is 0 Å². The summed E-state index contributed by atoms with van der Waals surface area (Å²) in [6.07, 6.45) is 2.19. The number of anilines is 6. The first-order valence-electron chi connectivity index (χ1n) is 26.0. The molecule has 74 heavy (non-hydrogen) atoms. The van der Waals surface area contributed by atoms with E-state index in [4.69, 9.17) is 4.98 Å². The van der Waals surface area contributed by atoms with Crippen molar-refractivity contribution in [3.63, 3.8) is 0 Å². The summed E-state index contributed by atoms with van der Waals surface area (Å²) in [5.41, 5.74) is 15.8. The standard InChI is InChI=1S/C69H53N5/c1-68(2,3)44-37-53-52-35-43-24-20-22-34-51(43)65(72(48-29-15-9-16-30-48)49-31-17-10-18-32-49)66(52)74-62(53)56(38-44)61-60-54-36-42-23-19-21-33-50(42)59-55-39-45(69(4,5)6)40-57(63(55)73(64(54)59)58(60)41-70-67(61)74)71(46-25-11-7-12-26-46)47-27-13-8-14-28-47/h7-41H,1-6H3. The number of fused-ring (bicyclic) bond motifs is 16. The maximum absolute atomic E-state index is 5.79. The Hall–Kier alpha value is -8.93. The Kier molecular flexibility index (Phi) is 8.83. The largest absolute Gasteiger partial charge is 0.308 e. The Morgan fingerprint density at radius 1 is 0.351 bits per heavy atom. The average molecular weight is 952 g/mol. The monoisotopic (exact) mass is 951 g/mol. The summed E-state index contributed by atoms with van der Waals surface area (Å²) in [5, 5.41) is 14.7. The zero-order chi connectivity index (χ0) is 49.8. The first kappa shape index (κ1) is 42.7. The van der Waals surface area contributed by atoms with Gasteiger partial charge in [0.2, 0.25) is 0 Å². The highest BCUT2D eigenvalue weighted by molar-refractivity contribution is 6.39. The highest BCUT2D eigenvalue weighted by Gasteiger charge is 2.33. The van der Waals surface area contributed by atoms with E-state index in [1.807, 2.05) is 0 Å². The molecule has 0 unspecified atom stereocenters. The molecular formula is C69H53N5. The topological polar surface area (TPSA) is 28.2 Å². The molecule has 5 nitrogen and oxygen atoms in total. The third kappa shape index (κ3) is 5.95. The average Bonchev–Trinajstić information content (AvgIpc) is 4.19. The third-order valence-corrected chi connectivity index (χ3v) is 16.0. The molecule has 5 heteroatoms. The molecular weight excluding hydrogens is 899 g/mol. The van der Waals surface area contributed by atoms with Crippen LogP contribution in [0.1, 0.15) is 52.7 Å². The molecule has 0 amide bonds. The fourth-order valence-corrected chi connectivity index (χ4v) is 12.5. The zero-order valence-corrected chi connectivity index (χ0v) is 42.4. The number of hydrogen-bond donors (Lipinski definition) is 0. The van der Waals surface area contributed by atoms with Crippen LogP contribution in [0.3, 0.4) is 0 Å². The smallest absolute Gasteiger partial charge is 0.146 e. The van der Waals surface area contributed by atoms with Gasteiger partial charge >= 0.3 is 0 Å². The van der Waals surface area contributed by atoms with Gasteiger partial charge in [0.05, 0.1) is 45.2 Å². The molecule has 5 heterocycles. The van der Waals surface area contributed by atoms with Crippen LogP contribution in [0.4, 0.5) is 34.1 Å². The number of hydrogen-bond acceptors (Lipinski definition) is 3. The number of rotatable bonds is 6. The predicted octanol–water partition coefficient (Wildman–Crippen LogP) is 19.2. The molecule has 0 spiro atoms. The van der Waals surface area contributed by atoms with Crippen molar-refractivity contribution in [3.05, 3.63) is 224 Å². The molecule has 5 aromatic heterocycles. The molecule has 0 saturated carbocycles. The molecule has 0 fully saturated rings. The molecule has 0 N–H and O–H groups in total. The maximum Gasteiger partial charge on any atom is 0.146 e. The minimum atomic E-state index is -0.136. The van der Waals surface area contributed by atoms with Gasteiger partial charge in [0.15, 0.2) is 0 Å². The van der Waals surface area contributed by atoms with Crippen LogP contribution < -0.4 is 9.80 Å². The second-order valence-electron chi connectivity index (χ2n) is 22.4. The highest BCUT2D eigenvalue weighted by Crippen LogP contribution is 2.54. The number of nitrogens with zero attached hydrogens (tertiary/aromatic N) is 5. The normalized spacial score (nSPS) is 12.7. The first-order chi connectivity index (χ1) is 36.0. The van der Waals surface area contributed by atoms with E-state index >= 15 is 0 Å². The second kappa shape index (κ2) is 15.3. The van der Waals surface area contributed by atoms with E-state index < -0.39 is 0 Å². The summed E-state index contributed by atoms with van der Waals surface area (Å²) in [7, 11) is 0. The Morgan fingerprint density at radius 3 is 1.38 bits per heavy atom. The number of para-hydroxylation sites is 4. The van der Waals surface area contributed by atoms with Gasteiger partial charge in [0, 0.05) is 71.2 Å². The Labute approximate surface area is 429 Å². The highest BCUT2D eigenvalue weighted by atomic mass is 15.2. The Morgan fingerprint density at radius 2 is 0.797 bits per heavy atom. The lowest BCUT2D eigenvalue weighted by Gasteiger charge is -2.29. The van der Waals surface area contributed by atoms with E-state index in [1.54, 1.807) is 0 Å². The van der Waals surface area contributed by atoms with E-state index in [0.717, 1.165) is 50.8 Å². The quantitative estimate of drug-likeness (QED) is 0.166. The summed E-state index contributed by atoms with van der Waals surface area (Å²) < 4.78 is 5.11. The van der Waals surface area contributed by atoms with Crippen LogP contribution in [0.5, 0.6) is 0 Å². The number of aromatic nitrogens is 3. The lowest BCUT2D eigenvalue weighted by Crippen LogP contribution is -2.15.